The van der Waals surface area contributed by atoms with Crippen molar-refractivity contribution in [2.24, 2.45) is 10.9 Å². The lowest BCUT2D eigenvalue weighted by Gasteiger charge is -2.08. The summed E-state index contributed by atoms with van der Waals surface area (Å²) in [7, 11) is 0. The molecular weight excluding hydrogens is 398 g/mol. The Morgan fingerprint density at radius 3 is 2.13 bits per heavy atom. The van der Waals surface area contributed by atoms with Crippen molar-refractivity contribution in [3.8, 4) is 0 Å². The van der Waals surface area contributed by atoms with E-state index in [2.05, 4.69) is 15.8 Å². The first-order valence-electron chi connectivity index (χ1n) is 9.75. The Bertz CT molecular complexity index is 929. The van der Waals surface area contributed by atoms with Gasteiger partial charge >= 0.3 is 11.8 Å². The van der Waals surface area contributed by atoms with Crippen LogP contribution in [-0.2, 0) is 20.8 Å². The molecular formula is C22H25N5O4. The molecule has 2 rings (SSSR count). The van der Waals surface area contributed by atoms with Gasteiger partial charge < -0.3 is 5.32 Å². The van der Waals surface area contributed by atoms with Crippen molar-refractivity contribution >= 4 is 29.2 Å². The zero-order chi connectivity index (χ0) is 22.5. The standard InChI is InChI=1S/C22H25N5O4/c23-25-21(30)22(31)27-26-18(15-19(28)17-9-5-2-6-10-17)11-12-20(29)24-14-13-16-7-3-1-4-8-16/h1-10H,11-15,23H2,(H,24,29)(H,25,30)(H,27,31)/b26-18+. The SMILES string of the molecule is NNC(=O)C(=O)N/N=C(\CCC(=O)NCCc1ccccc1)CC(=O)c1ccccc1. The Balaban J connectivity index is 1.92. The van der Waals surface area contributed by atoms with Crippen LogP contribution in [0, 0.1) is 0 Å². The highest BCUT2D eigenvalue weighted by Gasteiger charge is 2.15. The fourth-order valence-corrected chi connectivity index (χ4v) is 2.68. The molecule has 2 aromatic rings. The molecule has 2 aromatic carbocycles. The number of benzene rings is 2. The van der Waals surface area contributed by atoms with Gasteiger partial charge in [0.25, 0.3) is 0 Å². The number of hydrazine groups is 1. The van der Waals surface area contributed by atoms with Gasteiger partial charge in [0.2, 0.25) is 5.91 Å². The zero-order valence-electron chi connectivity index (χ0n) is 17.0. The van der Waals surface area contributed by atoms with Crippen LogP contribution >= 0.6 is 0 Å². The largest absolute Gasteiger partial charge is 0.356 e. The van der Waals surface area contributed by atoms with Crippen LogP contribution in [0.25, 0.3) is 0 Å². The lowest BCUT2D eigenvalue weighted by atomic mass is 10.0. The number of carbonyl (C=O) groups excluding carboxylic acids is 4. The Hall–Kier alpha value is -3.85. The monoisotopic (exact) mass is 423 g/mol. The molecule has 0 spiro atoms. The number of hydrazone groups is 1. The van der Waals surface area contributed by atoms with Crippen LogP contribution in [-0.4, -0.2) is 35.8 Å². The second-order valence-electron chi connectivity index (χ2n) is 6.64. The van der Waals surface area contributed by atoms with Gasteiger partial charge in [-0.25, -0.2) is 11.3 Å². The second kappa shape index (κ2) is 12.7. The van der Waals surface area contributed by atoms with Gasteiger partial charge in [0.15, 0.2) is 5.78 Å². The minimum Gasteiger partial charge on any atom is -0.356 e. The van der Waals surface area contributed by atoms with Crippen molar-refractivity contribution in [1.82, 2.24) is 16.2 Å². The number of hydrogen-bond acceptors (Lipinski definition) is 6. The quantitative estimate of drug-likeness (QED) is 0.112. The molecule has 0 atom stereocenters. The van der Waals surface area contributed by atoms with Crippen LogP contribution in [0.3, 0.4) is 0 Å². The third-order valence-electron chi connectivity index (χ3n) is 4.33. The third kappa shape index (κ3) is 8.58. The van der Waals surface area contributed by atoms with E-state index in [4.69, 9.17) is 5.84 Å². The topological polar surface area (TPSA) is 143 Å². The van der Waals surface area contributed by atoms with Crippen LogP contribution in [0.1, 0.15) is 35.2 Å². The smallest absolute Gasteiger partial charge is 0.330 e. The maximum Gasteiger partial charge on any atom is 0.330 e. The minimum absolute atomic E-state index is 0.0780. The molecule has 0 aliphatic heterocycles. The van der Waals surface area contributed by atoms with E-state index in [1.807, 2.05) is 30.3 Å². The molecule has 0 radical (unpaired) electrons. The molecule has 0 heterocycles. The Labute approximate surface area is 180 Å². The fourth-order valence-electron chi connectivity index (χ4n) is 2.68. The Kier molecular flexibility index (Phi) is 9.57. The summed E-state index contributed by atoms with van der Waals surface area (Å²) in [5.74, 6) is 2.34. The summed E-state index contributed by atoms with van der Waals surface area (Å²) < 4.78 is 0. The van der Waals surface area contributed by atoms with Gasteiger partial charge in [0.05, 0.1) is 6.42 Å². The molecule has 0 saturated carbocycles. The molecule has 0 aliphatic carbocycles. The van der Waals surface area contributed by atoms with Crippen molar-refractivity contribution in [3.05, 3.63) is 71.8 Å². The Morgan fingerprint density at radius 2 is 1.48 bits per heavy atom. The van der Waals surface area contributed by atoms with Gasteiger partial charge in [-0.05, 0) is 18.4 Å². The van der Waals surface area contributed by atoms with E-state index in [-0.39, 0.29) is 36.7 Å². The van der Waals surface area contributed by atoms with E-state index >= 15 is 0 Å². The van der Waals surface area contributed by atoms with Gasteiger partial charge in [0, 0.05) is 24.2 Å². The van der Waals surface area contributed by atoms with Gasteiger partial charge in [-0.1, -0.05) is 60.7 Å². The molecule has 3 amide bonds. The molecule has 9 heteroatoms. The first kappa shape index (κ1) is 23.4. The molecule has 0 unspecified atom stereocenters. The van der Waals surface area contributed by atoms with Crippen LogP contribution in [0.2, 0.25) is 0 Å². The van der Waals surface area contributed by atoms with Crippen molar-refractivity contribution < 1.29 is 19.2 Å². The van der Waals surface area contributed by atoms with Crippen LogP contribution < -0.4 is 22.0 Å². The zero-order valence-corrected chi connectivity index (χ0v) is 17.0. The summed E-state index contributed by atoms with van der Waals surface area (Å²) in [6, 6.07) is 18.3. The molecule has 0 aromatic heterocycles. The highest BCUT2D eigenvalue weighted by Crippen LogP contribution is 2.07. The number of nitrogens with zero attached hydrogens (tertiary/aromatic N) is 1. The van der Waals surface area contributed by atoms with Gasteiger partial charge in [0.1, 0.15) is 0 Å². The predicted molar refractivity (Wildman–Crippen MR) is 116 cm³/mol. The van der Waals surface area contributed by atoms with E-state index < -0.39 is 11.8 Å². The molecule has 0 saturated heterocycles. The second-order valence-corrected chi connectivity index (χ2v) is 6.64. The summed E-state index contributed by atoms with van der Waals surface area (Å²) in [4.78, 5) is 47.4. The molecule has 5 N–H and O–H groups in total. The summed E-state index contributed by atoms with van der Waals surface area (Å²) in [6.07, 6.45) is 0.811. The third-order valence-corrected chi connectivity index (χ3v) is 4.33. The van der Waals surface area contributed by atoms with Crippen LogP contribution in [0.4, 0.5) is 0 Å². The van der Waals surface area contributed by atoms with Gasteiger partial charge in [-0.2, -0.15) is 5.10 Å². The van der Waals surface area contributed by atoms with E-state index in [0.717, 1.165) is 5.56 Å². The predicted octanol–water partition coefficient (Wildman–Crippen LogP) is 0.861. The van der Waals surface area contributed by atoms with E-state index in [1.165, 1.54) is 0 Å². The number of rotatable bonds is 10. The number of ketones is 1. The van der Waals surface area contributed by atoms with E-state index in [0.29, 0.717) is 18.5 Å². The van der Waals surface area contributed by atoms with Crippen molar-refractivity contribution in [3.63, 3.8) is 0 Å². The Morgan fingerprint density at radius 1 is 0.839 bits per heavy atom. The molecule has 31 heavy (non-hydrogen) atoms. The maximum absolute atomic E-state index is 12.5. The summed E-state index contributed by atoms with van der Waals surface area (Å²) >= 11 is 0. The van der Waals surface area contributed by atoms with E-state index in [1.54, 1.807) is 35.8 Å². The molecule has 162 valence electrons. The molecule has 0 fully saturated rings. The average Bonchev–Trinajstić information content (AvgIpc) is 2.81. The number of nitrogens with one attached hydrogen (secondary N) is 3. The van der Waals surface area contributed by atoms with Crippen LogP contribution in [0.5, 0.6) is 0 Å². The maximum atomic E-state index is 12.5. The average molecular weight is 423 g/mol. The fraction of sp³-hybridized carbons (Fsp3) is 0.227. The van der Waals surface area contributed by atoms with E-state index in [9.17, 15) is 19.2 Å². The molecule has 0 bridgehead atoms. The van der Waals surface area contributed by atoms with Gasteiger partial charge in [-0.15, -0.1) is 0 Å². The lowest BCUT2D eigenvalue weighted by molar-refractivity contribution is -0.139. The first-order chi connectivity index (χ1) is 15.0. The summed E-state index contributed by atoms with van der Waals surface area (Å²) in [5, 5.41) is 6.67. The minimum atomic E-state index is -1.07. The number of nitrogens with two attached hydrogens (primary N) is 1. The summed E-state index contributed by atoms with van der Waals surface area (Å²) in [5.41, 5.74) is 5.60. The number of Topliss-reactive ketones (excluding diaryl/α,β-unsaturated/α-hetero) is 1. The normalized spacial score (nSPS) is 10.8. The highest BCUT2D eigenvalue weighted by atomic mass is 16.2. The van der Waals surface area contributed by atoms with Gasteiger partial charge in [-0.3, -0.25) is 24.6 Å². The van der Waals surface area contributed by atoms with Crippen molar-refractivity contribution in [1.29, 1.82) is 0 Å². The molecule has 0 aliphatic rings. The summed E-state index contributed by atoms with van der Waals surface area (Å²) in [6.45, 7) is 0.478. The number of hydrogen-bond donors (Lipinski definition) is 4. The number of carbonyl (C=O) groups is 4. The first-order valence-corrected chi connectivity index (χ1v) is 9.75. The van der Waals surface area contributed by atoms with Crippen molar-refractivity contribution in [2.75, 3.05) is 6.54 Å². The lowest BCUT2D eigenvalue weighted by Crippen LogP contribution is -2.41. The molecule has 9 nitrogen and oxygen atoms in total. The van der Waals surface area contributed by atoms with Crippen LogP contribution in [0.15, 0.2) is 65.8 Å². The van der Waals surface area contributed by atoms with Crippen molar-refractivity contribution in [2.45, 2.75) is 25.7 Å². The highest BCUT2D eigenvalue weighted by molar-refractivity contribution is 6.34. The number of amides is 3.